The van der Waals surface area contributed by atoms with Crippen LogP contribution in [0.4, 0.5) is 42.5 Å². The van der Waals surface area contributed by atoms with Gasteiger partial charge in [0, 0.05) is 31.8 Å². The maximum Gasteiger partial charge on any atom is 0.471 e. The Labute approximate surface area is 284 Å². The summed E-state index contributed by atoms with van der Waals surface area (Å²) < 4.78 is 122. The SMILES string of the molecule is CC(C)[C@]1(C(=O)NCc2cc(C(F)(F)F)cc3c2NS(=O)(=O)N3C(=O)OCc2ccccc2)CC[C@@H](N(C(=O)C(F)(F)F)C2CCOCC2)C1. The molecule has 2 aromatic rings. The Kier molecular flexibility index (Phi) is 10.4. The molecule has 3 amide bonds. The van der Waals surface area contributed by atoms with E-state index in [4.69, 9.17) is 9.47 Å². The van der Waals surface area contributed by atoms with Crippen LogP contribution in [0, 0.1) is 11.3 Å². The number of hydrogen-bond acceptors (Lipinski definition) is 7. The van der Waals surface area contributed by atoms with E-state index in [0.29, 0.717) is 17.7 Å². The van der Waals surface area contributed by atoms with Crippen LogP contribution < -0.4 is 14.3 Å². The summed E-state index contributed by atoms with van der Waals surface area (Å²) in [5, 5.41) is 2.57. The molecule has 5 rings (SSSR count). The first kappa shape index (κ1) is 37.2. The van der Waals surface area contributed by atoms with Gasteiger partial charge < -0.3 is 19.7 Å². The molecule has 0 spiro atoms. The topological polar surface area (TPSA) is 134 Å². The highest BCUT2D eigenvalue weighted by atomic mass is 32.2. The van der Waals surface area contributed by atoms with Crippen molar-refractivity contribution in [2.45, 2.75) is 83.5 Å². The number of ether oxygens (including phenoxy) is 2. The van der Waals surface area contributed by atoms with Crippen LogP contribution in [0.1, 0.15) is 62.6 Å². The Hall–Kier alpha value is -4.06. The zero-order valence-corrected chi connectivity index (χ0v) is 27.9. The van der Waals surface area contributed by atoms with Crippen LogP contribution in [0.25, 0.3) is 0 Å². The van der Waals surface area contributed by atoms with Gasteiger partial charge in [-0.05, 0) is 61.3 Å². The molecule has 0 unspecified atom stereocenters. The number of alkyl halides is 6. The van der Waals surface area contributed by atoms with Crippen molar-refractivity contribution in [2.75, 3.05) is 22.2 Å². The molecule has 2 aromatic carbocycles. The molecule has 274 valence electrons. The first-order valence-electron chi connectivity index (χ1n) is 15.9. The molecule has 11 nitrogen and oxygen atoms in total. The van der Waals surface area contributed by atoms with E-state index < -0.39 is 81.7 Å². The first-order chi connectivity index (χ1) is 23.3. The molecule has 2 N–H and O–H groups in total. The van der Waals surface area contributed by atoms with Crippen molar-refractivity contribution in [2.24, 2.45) is 11.3 Å². The molecule has 50 heavy (non-hydrogen) atoms. The van der Waals surface area contributed by atoms with Crippen LogP contribution in [0.5, 0.6) is 0 Å². The number of rotatable bonds is 8. The number of anilines is 2. The fourth-order valence-electron chi connectivity index (χ4n) is 6.92. The lowest BCUT2D eigenvalue weighted by atomic mass is 9.74. The quantitative estimate of drug-likeness (QED) is 0.323. The van der Waals surface area contributed by atoms with Crippen molar-refractivity contribution in [3.8, 4) is 0 Å². The minimum absolute atomic E-state index is 0.0730. The van der Waals surface area contributed by atoms with E-state index in [9.17, 15) is 49.1 Å². The number of carbonyl (C=O) groups is 3. The number of nitrogens with zero attached hydrogens (tertiary/aromatic N) is 2. The van der Waals surface area contributed by atoms with Gasteiger partial charge in [0.1, 0.15) is 6.61 Å². The van der Waals surface area contributed by atoms with E-state index in [0.717, 1.165) is 4.90 Å². The molecule has 2 heterocycles. The van der Waals surface area contributed by atoms with Gasteiger partial charge in [0.05, 0.1) is 22.4 Å². The highest BCUT2D eigenvalue weighted by molar-refractivity contribution is 7.95. The second-order valence-corrected chi connectivity index (χ2v) is 14.4. The standard InChI is InChI=1S/C32H36F6N4O7S/c1-19(2)30(11-8-24(16-30)41(28(44)32(36,37)38)23-9-12-48-13-10-23)27(43)39-17-21-14-22(31(33,34)35)15-25-26(21)40-50(46,47)42(25)29(45)49-18-20-6-4-3-5-7-20/h3-7,14-15,19,23-24,40H,8-13,16-18H2,1-2H3,(H,39,43)/t24-,30+/m1/s1. The van der Waals surface area contributed by atoms with E-state index in [1.807, 2.05) is 0 Å². The van der Waals surface area contributed by atoms with Crippen molar-refractivity contribution in [1.82, 2.24) is 10.2 Å². The lowest BCUT2D eigenvalue weighted by Gasteiger charge is -2.40. The molecular weight excluding hydrogens is 698 g/mol. The highest BCUT2D eigenvalue weighted by Gasteiger charge is 2.54. The van der Waals surface area contributed by atoms with E-state index >= 15 is 0 Å². The molecule has 1 aliphatic carbocycles. The summed E-state index contributed by atoms with van der Waals surface area (Å²) >= 11 is 0. The van der Waals surface area contributed by atoms with Gasteiger partial charge in [-0.3, -0.25) is 14.3 Å². The van der Waals surface area contributed by atoms with Gasteiger partial charge in [0.2, 0.25) is 5.91 Å². The van der Waals surface area contributed by atoms with Gasteiger partial charge in [-0.25, -0.2) is 4.79 Å². The lowest BCUT2D eigenvalue weighted by molar-refractivity contribution is -0.192. The summed E-state index contributed by atoms with van der Waals surface area (Å²) in [6, 6.07) is 7.57. The van der Waals surface area contributed by atoms with Crippen molar-refractivity contribution >= 4 is 39.5 Å². The van der Waals surface area contributed by atoms with Crippen molar-refractivity contribution < 1.29 is 58.6 Å². The fourth-order valence-corrected chi connectivity index (χ4v) is 8.15. The maximum atomic E-state index is 14.0. The molecule has 1 saturated carbocycles. The third-order valence-corrected chi connectivity index (χ3v) is 10.9. The number of carbonyl (C=O) groups excluding carboxylic acids is 3. The average Bonchev–Trinajstić information content (AvgIpc) is 3.61. The van der Waals surface area contributed by atoms with Crippen LogP contribution in [0.2, 0.25) is 0 Å². The monoisotopic (exact) mass is 734 g/mol. The Bertz CT molecular complexity index is 1720. The summed E-state index contributed by atoms with van der Waals surface area (Å²) in [7, 11) is -4.77. The van der Waals surface area contributed by atoms with Crippen LogP contribution in [0.3, 0.4) is 0 Å². The normalized spacial score (nSPS) is 22.2. The number of benzene rings is 2. The fraction of sp³-hybridized carbons (Fsp3) is 0.531. The van der Waals surface area contributed by atoms with Gasteiger partial charge >= 0.3 is 34.6 Å². The highest BCUT2D eigenvalue weighted by Crippen LogP contribution is 2.48. The van der Waals surface area contributed by atoms with E-state index in [2.05, 4.69) is 10.0 Å². The first-order valence-corrected chi connectivity index (χ1v) is 17.3. The van der Waals surface area contributed by atoms with Gasteiger partial charge in [-0.15, -0.1) is 0 Å². The largest absolute Gasteiger partial charge is 0.471 e. The van der Waals surface area contributed by atoms with Gasteiger partial charge in [-0.2, -0.15) is 39.1 Å². The third-order valence-electron chi connectivity index (χ3n) is 9.56. The minimum atomic E-state index is -5.15. The molecule has 0 radical (unpaired) electrons. The molecular formula is C32H36F6N4O7S. The Morgan fingerprint density at radius 2 is 1.70 bits per heavy atom. The molecule has 0 aromatic heterocycles. The van der Waals surface area contributed by atoms with Gasteiger partial charge in [-0.1, -0.05) is 44.2 Å². The number of amides is 3. The summed E-state index contributed by atoms with van der Waals surface area (Å²) in [5.74, 6) is -3.16. The van der Waals surface area contributed by atoms with Crippen LogP contribution in [-0.2, 0) is 48.6 Å². The van der Waals surface area contributed by atoms with E-state index in [1.165, 1.54) is 0 Å². The van der Waals surface area contributed by atoms with Crippen LogP contribution in [0.15, 0.2) is 42.5 Å². The summed E-state index contributed by atoms with van der Waals surface area (Å²) in [6.07, 6.45) is -11.2. The van der Waals surface area contributed by atoms with E-state index in [1.54, 1.807) is 44.2 Å². The molecule has 2 fully saturated rings. The number of fused-ring (bicyclic) bond motifs is 1. The summed E-state index contributed by atoms with van der Waals surface area (Å²) in [4.78, 5) is 40.3. The average molecular weight is 735 g/mol. The third kappa shape index (κ3) is 7.50. The smallest absolute Gasteiger partial charge is 0.444 e. The molecule has 1 saturated heterocycles. The molecule has 3 aliphatic rings. The van der Waals surface area contributed by atoms with Crippen molar-refractivity contribution in [3.63, 3.8) is 0 Å². The van der Waals surface area contributed by atoms with Gasteiger partial charge in [0.15, 0.2) is 0 Å². The molecule has 0 bridgehead atoms. The summed E-state index contributed by atoms with van der Waals surface area (Å²) in [5.41, 5.74) is -3.51. The van der Waals surface area contributed by atoms with Crippen LogP contribution >= 0.6 is 0 Å². The zero-order chi connectivity index (χ0) is 36.6. The second-order valence-electron chi connectivity index (χ2n) is 12.9. The number of halogens is 6. The Morgan fingerprint density at radius 3 is 2.30 bits per heavy atom. The zero-order valence-electron chi connectivity index (χ0n) is 27.1. The molecule has 18 heteroatoms. The predicted molar refractivity (Wildman–Crippen MR) is 167 cm³/mol. The number of hydrogen-bond donors (Lipinski definition) is 2. The maximum absolute atomic E-state index is 14.0. The predicted octanol–water partition coefficient (Wildman–Crippen LogP) is 5.90. The molecule has 2 aliphatic heterocycles. The minimum Gasteiger partial charge on any atom is -0.444 e. The second kappa shape index (κ2) is 13.9. The Morgan fingerprint density at radius 1 is 1.04 bits per heavy atom. The number of nitrogens with one attached hydrogen (secondary N) is 2. The lowest BCUT2D eigenvalue weighted by Crippen LogP contribution is -2.54. The van der Waals surface area contributed by atoms with E-state index in [-0.39, 0.29) is 67.5 Å². The van der Waals surface area contributed by atoms with Crippen molar-refractivity contribution in [3.05, 3.63) is 59.2 Å². The van der Waals surface area contributed by atoms with Crippen LogP contribution in [-0.4, -0.2) is 62.7 Å². The molecule has 2 atom stereocenters. The van der Waals surface area contributed by atoms with Gasteiger partial charge in [0.25, 0.3) is 0 Å². The Balaban J connectivity index is 1.41. The summed E-state index contributed by atoms with van der Waals surface area (Å²) in [6.45, 7) is 2.69. The van der Waals surface area contributed by atoms with Crippen molar-refractivity contribution in [1.29, 1.82) is 0 Å².